The van der Waals surface area contributed by atoms with E-state index < -0.39 is 11.7 Å². The van der Waals surface area contributed by atoms with Crippen LogP contribution in [0.2, 0.25) is 5.02 Å². The van der Waals surface area contributed by atoms with Crippen LogP contribution in [0, 0.1) is 0 Å². The molecule has 164 valence electrons. The Kier molecular flexibility index (Phi) is 6.09. The van der Waals surface area contributed by atoms with E-state index in [0.717, 1.165) is 17.7 Å². The van der Waals surface area contributed by atoms with Crippen molar-refractivity contribution >= 4 is 23.2 Å². The van der Waals surface area contributed by atoms with Gasteiger partial charge in [0.05, 0.1) is 11.3 Å². The molecule has 2 aromatic heterocycles. The van der Waals surface area contributed by atoms with Gasteiger partial charge in [-0.1, -0.05) is 35.9 Å². The van der Waals surface area contributed by atoms with E-state index in [-0.39, 0.29) is 25.3 Å². The average Bonchev–Trinajstić information content (AvgIpc) is 3.18. The van der Waals surface area contributed by atoms with Gasteiger partial charge in [-0.15, -0.1) is 10.2 Å². The van der Waals surface area contributed by atoms with Crippen LogP contribution in [0.5, 0.6) is 0 Å². The molecule has 1 N–H and O–H groups in total. The van der Waals surface area contributed by atoms with Crippen molar-refractivity contribution in [2.45, 2.75) is 25.6 Å². The summed E-state index contributed by atoms with van der Waals surface area (Å²) in [6, 6.07) is 15.7. The number of alkyl halides is 3. The number of benzene rings is 2. The van der Waals surface area contributed by atoms with Crippen molar-refractivity contribution in [1.82, 2.24) is 25.1 Å². The van der Waals surface area contributed by atoms with Crippen LogP contribution in [0.3, 0.4) is 0 Å². The van der Waals surface area contributed by atoms with Crippen molar-refractivity contribution in [2.75, 3.05) is 0 Å². The molecule has 32 heavy (non-hydrogen) atoms. The monoisotopic (exact) mass is 459 g/mol. The van der Waals surface area contributed by atoms with Gasteiger partial charge in [0, 0.05) is 30.0 Å². The third kappa shape index (κ3) is 5.05. The number of aryl methyl sites for hydroxylation is 1. The van der Waals surface area contributed by atoms with Crippen LogP contribution in [0.4, 0.5) is 13.2 Å². The van der Waals surface area contributed by atoms with Gasteiger partial charge in [-0.25, -0.2) is 0 Å². The number of nitrogens with zero attached hydrogens (tertiary/aromatic N) is 4. The van der Waals surface area contributed by atoms with E-state index in [4.69, 9.17) is 11.6 Å². The van der Waals surface area contributed by atoms with Crippen molar-refractivity contribution < 1.29 is 18.0 Å². The second-order valence-corrected chi connectivity index (χ2v) is 7.52. The molecule has 4 rings (SSSR count). The quantitative estimate of drug-likeness (QED) is 0.453. The third-order valence-corrected chi connectivity index (χ3v) is 5.04. The van der Waals surface area contributed by atoms with Crippen LogP contribution in [-0.4, -0.2) is 25.7 Å². The number of carbonyl (C=O) groups excluding carboxylic acids is 1. The number of amides is 1. The van der Waals surface area contributed by atoms with Gasteiger partial charge < -0.3 is 5.32 Å². The zero-order chi connectivity index (χ0) is 22.7. The van der Waals surface area contributed by atoms with Crippen LogP contribution in [0.15, 0.2) is 60.7 Å². The maximum absolute atomic E-state index is 12.8. The Morgan fingerprint density at radius 1 is 1.03 bits per heavy atom. The molecule has 0 bridgehead atoms. The first kappa shape index (κ1) is 21.8. The number of hydrogen-bond donors (Lipinski definition) is 1. The molecule has 0 radical (unpaired) electrons. The Labute approximate surface area is 186 Å². The number of aromatic nitrogens is 4. The summed E-state index contributed by atoms with van der Waals surface area (Å²) in [5.74, 6) is 0.193. The Hall–Kier alpha value is -3.46. The van der Waals surface area contributed by atoms with Crippen LogP contribution in [-0.2, 0) is 23.9 Å². The van der Waals surface area contributed by atoms with Crippen LogP contribution in [0.1, 0.15) is 23.4 Å². The largest absolute Gasteiger partial charge is 0.416 e. The fourth-order valence-electron chi connectivity index (χ4n) is 3.14. The van der Waals surface area contributed by atoms with Crippen LogP contribution in [0.25, 0.3) is 16.9 Å². The van der Waals surface area contributed by atoms with Crippen molar-refractivity contribution in [1.29, 1.82) is 0 Å². The summed E-state index contributed by atoms with van der Waals surface area (Å²) in [5, 5.41) is 16.0. The zero-order valence-corrected chi connectivity index (χ0v) is 17.4. The molecule has 0 fully saturated rings. The number of carbonyl (C=O) groups is 1. The smallest absolute Gasteiger partial charge is 0.352 e. The molecular formula is C22H17ClF3N5O. The lowest BCUT2D eigenvalue weighted by molar-refractivity contribution is -0.137. The highest BCUT2D eigenvalue weighted by molar-refractivity contribution is 6.30. The minimum Gasteiger partial charge on any atom is -0.352 e. The molecule has 2 heterocycles. The van der Waals surface area contributed by atoms with E-state index >= 15 is 0 Å². The van der Waals surface area contributed by atoms with Gasteiger partial charge in [0.1, 0.15) is 0 Å². The Morgan fingerprint density at radius 3 is 2.56 bits per heavy atom. The average molecular weight is 460 g/mol. The maximum Gasteiger partial charge on any atom is 0.416 e. The second kappa shape index (κ2) is 8.96. The van der Waals surface area contributed by atoms with Crippen molar-refractivity contribution in [3.8, 4) is 11.3 Å². The highest BCUT2D eigenvalue weighted by Crippen LogP contribution is 2.29. The van der Waals surface area contributed by atoms with Gasteiger partial charge in [-0.2, -0.15) is 22.8 Å². The normalized spacial score (nSPS) is 11.6. The lowest BCUT2D eigenvalue weighted by atomic mass is 10.1. The molecule has 0 saturated carbocycles. The Bertz CT molecular complexity index is 1250. The van der Waals surface area contributed by atoms with E-state index in [1.54, 1.807) is 22.7 Å². The van der Waals surface area contributed by atoms with E-state index in [9.17, 15) is 18.0 Å². The predicted octanol–water partition coefficient (Wildman–Crippen LogP) is 4.71. The molecule has 0 aliphatic rings. The molecule has 0 aliphatic carbocycles. The lowest BCUT2D eigenvalue weighted by Crippen LogP contribution is -2.23. The summed E-state index contributed by atoms with van der Waals surface area (Å²) in [7, 11) is 0. The summed E-state index contributed by atoms with van der Waals surface area (Å²) < 4.78 is 40.0. The SMILES string of the molecule is O=C(CCc1nnc2ccc(-c3ccc(Cl)cc3)nn12)NCc1cccc(C(F)(F)F)c1. The molecule has 0 aliphatic heterocycles. The van der Waals surface area contributed by atoms with Gasteiger partial charge in [0.25, 0.3) is 0 Å². The molecular weight excluding hydrogens is 443 g/mol. The Balaban J connectivity index is 1.40. The third-order valence-electron chi connectivity index (χ3n) is 4.79. The maximum atomic E-state index is 12.8. The number of nitrogens with one attached hydrogen (secondary N) is 1. The zero-order valence-electron chi connectivity index (χ0n) is 16.6. The van der Waals surface area contributed by atoms with Gasteiger partial charge in [-0.3, -0.25) is 4.79 Å². The number of hydrogen-bond acceptors (Lipinski definition) is 4. The summed E-state index contributed by atoms with van der Waals surface area (Å²) in [6.45, 7) is 0.00228. The molecule has 4 aromatic rings. The predicted molar refractivity (Wildman–Crippen MR) is 113 cm³/mol. The van der Waals surface area contributed by atoms with Gasteiger partial charge >= 0.3 is 6.18 Å². The number of rotatable bonds is 6. The molecule has 10 heteroatoms. The minimum absolute atomic E-state index is 0.00228. The van der Waals surface area contributed by atoms with Crippen molar-refractivity contribution in [3.05, 3.63) is 82.6 Å². The first-order valence-corrected chi connectivity index (χ1v) is 10.1. The van der Waals surface area contributed by atoms with Gasteiger partial charge in [0.2, 0.25) is 5.91 Å². The van der Waals surface area contributed by atoms with Gasteiger partial charge in [0.15, 0.2) is 11.5 Å². The van der Waals surface area contributed by atoms with E-state index in [1.807, 2.05) is 18.2 Å². The van der Waals surface area contributed by atoms with Crippen LogP contribution < -0.4 is 5.32 Å². The first-order chi connectivity index (χ1) is 15.3. The van der Waals surface area contributed by atoms with E-state index in [2.05, 4.69) is 20.6 Å². The summed E-state index contributed by atoms with van der Waals surface area (Å²) in [6.07, 6.45) is -4.06. The van der Waals surface area contributed by atoms with E-state index in [0.29, 0.717) is 27.8 Å². The van der Waals surface area contributed by atoms with Crippen molar-refractivity contribution in [3.63, 3.8) is 0 Å². The molecule has 1 amide bonds. The second-order valence-electron chi connectivity index (χ2n) is 7.09. The molecule has 2 aromatic carbocycles. The molecule has 0 spiro atoms. The fraction of sp³-hybridized carbons (Fsp3) is 0.182. The number of fused-ring (bicyclic) bond motifs is 1. The summed E-state index contributed by atoms with van der Waals surface area (Å²) in [4.78, 5) is 12.2. The summed E-state index contributed by atoms with van der Waals surface area (Å²) >= 11 is 5.93. The molecule has 0 atom stereocenters. The summed E-state index contributed by atoms with van der Waals surface area (Å²) in [5.41, 5.74) is 1.73. The molecule has 0 unspecified atom stereocenters. The molecule has 6 nitrogen and oxygen atoms in total. The number of halogens is 4. The lowest BCUT2D eigenvalue weighted by Gasteiger charge is -2.09. The van der Waals surface area contributed by atoms with Crippen molar-refractivity contribution in [2.24, 2.45) is 0 Å². The fourth-order valence-corrected chi connectivity index (χ4v) is 3.26. The highest BCUT2D eigenvalue weighted by Gasteiger charge is 2.30. The Morgan fingerprint density at radius 2 is 1.81 bits per heavy atom. The molecule has 0 saturated heterocycles. The van der Waals surface area contributed by atoms with Gasteiger partial charge in [-0.05, 0) is 42.0 Å². The van der Waals surface area contributed by atoms with E-state index in [1.165, 1.54) is 12.1 Å². The van der Waals surface area contributed by atoms with Crippen LogP contribution >= 0.6 is 11.6 Å². The topological polar surface area (TPSA) is 72.2 Å². The minimum atomic E-state index is -4.42. The standard InChI is InChI=1S/C22H17ClF3N5O/c23-17-6-4-15(5-7-17)18-8-9-19-28-29-20(31(19)30-18)10-11-21(32)27-13-14-2-1-3-16(12-14)22(24,25)26/h1-9,12H,10-11,13H2,(H,27,32). The highest BCUT2D eigenvalue weighted by atomic mass is 35.5. The first-order valence-electron chi connectivity index (χ1n) is 9.70.